The van der Waals surface area contributed by atoms with Crippen LogP contribution in [0.2, 0.25) is 0 Å². The summed E-state index contributed by atoms with van der Waals surface area (Å²) in [6.07, 6.45) is 1.03. The molecule has 0 amide bonds. The normalized spacial score (nSPS) is 21.2. The van der Waals surface area contributed by atoms with Crippen molar-refractivity contribution in [2.75, 3.05) is 7.11 Å². The molecule has 0 spiro atoms. The molecule has 98 valence electrons. The number of hydrogen-bond acceptors (Lipinski definition) is 3. The standard InChI is InChI=1S/C16H17NOS/c1-18-12-8-7-11-9-15(16(17)14(11)10-12)19-13-5-3-2-4-6-13/h2-8,10,15-16H,9,17H2,1H3. The Kier molecular flexibility index (Phi) is 3.49. The summed E-state index contributed by atoms with van der Waals surface area (Å²) in [5.41, 5.74) is 8.96. The minimum absolute atomic E-state index is 0.0790. The van der Waals surface area contributed by atoms with E-state index in [1.54, 1.807) is 7.11 Å². The van der Waals surface area contributed by atoms with Crippen LogP contribution in [0.1, 0.15) is 17.2 Å². The summed E-state index contributed by atoms with van der Waals surface area (Å²) < 4.78 is 5.28. The van der Waals surface area contributed by atoms with Gasteiger partial charge in [-0.3, -0.25) is 0 Å². The van der Waals surface area contributed by atoms with Crippen LogP contribution in [0.25, 0.3) is 0 Å². The first-order valence-corrected chi connectivity index (χ1v) is 7.30. The maximum Gasteiger partial charge on any atom is 0.119 e. The van der Waals surface area contributed by atoms with E-state index in [1.165, 1.54) is 16.0 Å². The first-order chi connectivity index (χ1) is 9.28. The van der Waals surface area contributed by atoms with Crippen LogP contribution in [-0.4, -0.2) is 12.4 Å². The Morgan fingerprint density at radius 1 is 1.16 bits per heavy atom. The summed E-state index contributed by atoms with van der Waals surface area (Å²) in [7, 11) is 1.69. The predicted molar refractivity (Wildman–Crippen MR) is 79.7 cm³/mol. The number of hydrogen-bond donors (Lipinski definition) is 1. The Bertz CT molecular complexity index is 570. The lowest BCUT2D eigenvalue weighted by Crippen LogP contribution is -2.18. The quantitative estimate of drug-likeness (QED) is 0.929. The fraction of sp³-hybridized carbons (Fsp3) is 0.250. The van der Waals surface area contributed by atoms with Crippen LogP contribution in [-0.2, 0) is 6.42 Å². The lowest BCUT2D eigenvalue weighted by molar-refractivity contribution is 0.414. The summed E-state index contributed by atoms with van der Waals surface area (Å²) in [6.45, 7) is 0. The highest BCUT2D eigenvalue weighted by Crippen LogP contribution is 2.41. The average molecular weight is 271 g/mol. The molecule has 2 atom stereocenters. The van der Waals surface area contributed by atoms with E-state index < -0.39 is 0 Å². The molecule has 0 heterocycles. The van der Waals surface area contributed by atoms with Gasteiger partial charge in [0, 0.05) is 16.2 Å². The minimum Gasteiger partial charge on any atom is -0.497 e. The lowest BCUT2D eigenvalue weighted by Gasteiger charge is -2.15. The summed E-state index contributed by atoms with van der Waals surface area (Å²) >= 11 is 1.86. The number of nitrogens with two attached hydrogens (primary N) is 1. The van der Waals surface area contributed by atoms with Crippen molar-refractivity contribution in [1.82, 2.24) is 0 Å². The zero-order valence-corrected chi connectivity index (χ0v) is 11.7. The van der Waals surface area contributed by atoms with Gasteiger partial charge in [0.25, 0.3) is 0 Å². The van der Waals surface area contributed by atoms with Crippen LogP contribution in [0.4, 0.5) is 0 Å². The van der Waals surface area contributed by atoms with E-state index in [-0.39, 0.29) is 6.04 Å². The molecule has 2 nitrogen and oxygen atoms in total. The van der Waals surface area contributed by atoms with Crippen LogP contribution in [0.15, 0.2) is 53.4 Å². The first-order valence-electron chi connectivity index (χ1n) is 6.42. The molecule has 19 heavy (non-hydrogen) atoms. The Morgan fingerprint density at radius 2 is 1.95 bits per heavy atom. The molecule has 2 aromatic carbocycles. The largest absolute Gasteiger partial charge is 0.497 e. The molecule has 3 heteroatoms. The Labute approximate surface area is 118 Å². The highest BCUT2D eigenvalue weighted by Gasteiger charge is 2.30. The fourth-order valence-corrected chi connectivity index (χ4v) is 3.75. The molecule has 0 aromatic heterocycles. The van der Waals surface area contributed by atoms with Gasteiger partial charge in [0.05, 0.1) is 7.11 Å². The van der Waals surface area contributed by atoms with Crippen LogP contribution >= 0.6 is 11.8 Å². The van der Waals surface area contributed by atoms with Gasteiger partial charge in [-0.1, -0.05) is 24.3 Å². The number of benzene rings is 2. The summed E-state index contributed by atoms with van der Waals surface area (Å²) in [5, 5.41) is 0.407. The third kappa shape index (κ3) is 2.48. The summed E-state index contributed by atoms with van der Waals surface area (Å²) in [6, 6.07) is 16.8. The molecule has 2 aromatic rings. The van der Waals surface area contributed by atoms with Crippen molar-refractivity contribution in [3.63, 3.8) is 0 Å². The smallest absolute Gasteiger partial charge is 0.119 e. The molecule has 2 N–H and O–H groups in total. The fourth-order valence-electron chi connectivity index (χ4n) is 2.53. The summed E-state index contributed by atoms with van der Waals surface area (Å²) in [5.74, 6) is 0.888. The van der Waals surface area contributed by atoms with Gasteiger partial charge in [0.1, 0.15) is 5.75 Å². The zero-order valence-electron chi connectivity index (χ0n) is 10.9. The SMILES string of the molecule is COc1ccc2c(c1)C(N)C(Sc1ccccc1)C2. The Balaban J connectivity index is 1.81. The number of thioether (sulfide) groups is 1. The van der Waals surface area contributed by atoms with E-state index in [0.29, 0.717) is 5.25 Å². The van der Waals surface area contributed by atoms with Gasteiger partial charge in [0.2, 0.25) is 0 Å². The van der Waals surface area contributed by atoms with Gasteiger partial charge in [-0.25, -0.2) is 0 Å². The number of methoxy groups -OCH3 is 1. The molecule has 0 bridgehead atoms. The van der Waals surface area contributed by atoms with Gasteiger partial charge in [0.15, 0.2) is 0 Å². The second kappa shape index (κ2) is 5.27. The van der Waals surface area contributed by atoms with Crippen molar-refractivity contribution in [1.29, 1.82) is 0 Å². The second-order valence-corrected chi connectivity index (χ2v) is 6.08. The number of ether oxygens (including phenoxy) is 1. The van der Waals surface area contributed by atoms with Crippen LogP contribution in [0, 0.1) is 0 Å². The second-order valence-electron chi connectivity index (χ2n) is 4.76. The van der Waals surface area contributed by atoms with E-state index in [4.69, 9.17) is 10.5 Å². The molecule has 1 aliphatic carbocycles. The maximum atomic E-state index is 6.39. The van der Waals surface area contributed by atoms with Gasteiger partial charge < -0.3 is 10.5 Å². The number of fused-ring (bicyclic) bond motifs is 1. The molecule has 0 fully saturated rings. The zero-order chi connectivity index (χ0) is 13.2. The van der Waals surface area contributed by atoms with E-state index in [9.17, 15) is 0 Å². The van der Waals surface area contributed by atoms with Crippen molar-refractivity contribution in [2.24, 2.45) is 5.73 Å². The Morgan fingerprint density at radius 3 is 2.68 bits per heavy atom. The summed E-state index contributed by atoms with van der Waals surface area (Å²) in [4.78, 5) is 1.28. The predicted octanol–water partition coefficient (Wildman–Crippen LogP) is 3.41. The molecular formula is C16H17NOS. The van der Waals surface area contributed by atoms with Crippen LogP contribution in [0.3, 0.4) is 0 Å². The Hall–Kier alpha value is -1.45. The molecule has 3 rings (SSSR count). The molecule has 0 aliphatic heterocycles. The van der Waals surface area contributed by atoms with Crippen molar-refractivity contribution in [3.8, 4) is 5.75 Å². The highest BCUT2D eigenvalue weighted by atomic mass is 32.2. The van der Waals surface area contributed by atoms with E-state index in [2.05, 4.69) is 36.4 Å². The third-order valence-electron chi connectivity index (χ3n) is 3.56. The molecule has 0 saturated heterocycles. The first kappa shape index (κ1) is 12.6. The maximum absolute atomic E-state index is 6.39. The molecule has 2 unspecified atom stereocenters. The van der Waals surface area contributed by atoms with Crippen LogP contribution in [0.5, 0.6) is 5.75 Å². The van der Waals surface area contributed by atoms with Crippen molar-refractivity contribution >= 4 is 11.8 Å². The van der Waals surface area contributed by atoms with Crippen LogP contribution < -0.4 is 10.5 Å². The van der Waals surface area contributed by atoms with E-state index >= 15 is 0 Å². The molecular weight excluding hydrogens is 254 g/mol. The molecule has 0 radical (unpaired) electrons. The third-order valence-corrected chi connectivity index (χ3v) is 4.87. The van der Waals surface area contributed by atoms with Gasteiger partial charge in [-0.2, -0.15) is 0 Å². The van der Waals surface area contributed by atoms with Crippen molar-refractivity contribution < 1.29 is 4.74 Å². The van der Waals surface area contributed by atoms with Crippen molar-refractivity contribution in [2.45, 2.75) is 22.6 Å². The van der Waals surface area contributed by atoms with Gasteiger partial charge in [-0.15, -0.1) is 11.8 Å². The molecule has 1 aliphatic rings. The van der Waals surface area contributed by atoms with Crippen molar-refractivity contribution in [3.05, 3.63) is 59.7 Å². The van der Waals surface area contributed by atoms with Gasteiger partial charge in [-0.05, 0) is 41.8 Å². The number of rotatable bonds is 3. The highest BCUT2D eigenvalue weighted by molar-refractivity contribution is 8.00. The van der Waals surface area contributed by atoms with E-state index in [0.717, 1.165) is 12.2 Å². The van der Waals surface area contributed by atoms with E-state index in [1.807, 2.05) is 23.9 Å². The lowest BCUT2D eigenvalue weighted by atomic mass is 10.1. The van der Waals surface area contributed by atoms with Gasteiger partial charge >= 0.3 is 0 Å². The molecule has 0 saturated carbocycles. The average Bonchev–Trinajstić information content (AvgIpc) is 2.76. The topological polar surface area (TPSA) is 35.2 Å². The monoisotopic (exact) mass is 271 g/mol. The minimum atomic E-state index is 0.0790.